The molecule has 2 aromatic rings. The fraction of sp³-hybridized carbons (Fsp3) is 0.474. The zero-order chi connectivity index (χ0) is 15.0. The van der Waals surface area contributed by atoms with Crippen molar-refractivity contribution in [3.63, 3.8) is 0 Å². The standard InChI is InChI=1S/C19H25NO/c1-4-16(14-8-6-5-7-9-14)20-11-10-15-17(20)12-19(2,3)13-18(15)21/h5-11,16,18,21H,4,12-13H2,1-3H3. The van der Waals surface area contributed by atoms with E-state index in [9.17, 15) is 5.11 Å². The van der Waals surface area contributed by atoms with Gasteiger partial charge in [0, 0.05) is 17.5 Å². The maximum atomic E-state index is 10.4. The van der Waals surface area contributed by atoms with Crippen LogP contribution in [0.4, 0.5) is 0 Å². The molecule has 0 amide bonds. The van der Waals surface area contributed by atoms with Gasteiger partial charge >= 0.3 is 0 Å². The quantitative estimate of drug-likeness (QED) is 0.882. The predicted molar refractivity (Wildman–Crippen MR) is 86.4 cm³/mol. The lowest BCUT2D eigenvalue weighted by molar-refractivity contribution is 0.0976. The monoisotopic (exact) mass is 283 g/mol. The van der Waals surface area contributed by atoms with Gasteiger partial charge in [0.25, 0.3) is 0 Å². The Labute approximate surface area is 127 Å². The van der Waals surface area contributed by atoms with Gasteiger partial charge in [0.05, 0.1) is 12.1 Å². The number of nitrogens with zero attached hydrogens (tertiary/aromatic N) is 1. The van der Waals surface area contributed by atoms with Gasteiger partial charge in [-0.25, -0.2) is 0 Å². The average Bonchev–Trinajstić information content (AvgIpc) is 2.84. The van der Waals surface area contributed by atoms with Gasteiger partial charge in [0.1, 0.15) is 0 Å². The molecule has 2 unspecified atom stereocenters. The molecule has 1 N–H and O–H groups in total. The Hall–Kier alpha value is -1.54. The van der Waals surface area contributed by atoms with Crippen molar-refractivity contribution in [1.82, 2.24) is 4.57 Å². The summed E-state index contributed by atoms with van der Waals surface area (Å²) in [5.41, 5.74) is 3.95. The molecule has 112 valence electrons. The van der Waals surface area contributed by atoms with Crippen molar-refractivity contribution in [3.05, 3.63) is 59.4 Å². The van der Waals surface area contributed by atoms with Crippen molar-refractivity contribution in [2.45, 2.75) is 52.2 Å². The summed E-state index contributed by atoms with van der Waals surface area (Å²) in [4.78, 5) is 0. The number of aromatic nitrogens is 1. The van der Waals surface area contributed by atoms with Crippen molar-refractivity contribution in [3.8, 4) is 0 Å². The second-order valence-electron chi connectivity index (χ2n) is 7.02. The molecule has 21 heavy (non-hydrogen) atoms. The van der Waals surface area contributed by atoms with Gasteiger partial charge in [0.2, 0.25) is 0 Å². The Kier molecular flexibility index (Phi) is 3.66. The summed E-state index contributed by atoms with van der Waals surface area (Å²) in [5, 5.41) is 10.4. The van der Waals surface area contributed by atoms with Crippen LogP contribution in [0.2, 0.25) is 0 Å². The second-order valence-corrected chi connectivity index (χ2v) is 7.02. The van der Waals surface area contributed by atoms with E-state index in [4.69, 9.17) is 0 Å². The minimum Gasteiger partial charge on any atom is -0.388 e. The van der Waals surface area contributed by atoms with E-state index in [0.29, 0.717) is 6.04 Å². The van der Waals surface area contributed by atoms with Crippen LogP contribution in [0.1, 0.15) is 62.6 Å². The van der Waals surface area contributed by atoms with Gasteiger partial charge in [-0.15, -0.1) is 0 Å². The fourth-order valence-electron chi connectivity index (χ4n) is 3.71. The highest BCUT2D eigenvalue weighted by molar-refractivity contribution is 5.32. The first kappa shape index (κ1) is 14.4. The molecule has 1 aromatic heterocycles. The molecule has 0 radical (unpaired) electrons. The molecule has 1 aromatic carbocycles. The summed E-state index contributed by atoms with van der Waals surface area (Å²) in [6, 6.07) is 13.1. The molecule has 2 nitrogen and oxygen atoms in total. The molecule has 1 heterocycles. The first-order valence-corrected chi connectivity index (χ1v) is 7.94. The summed E-state index contributed by atoms with van der Waals surface area (Å²) in [6.45, 7) is 6.73. The third kappa shape index (κ3) is 2.65. The first-order valence-electron chi connectivity index (χ1n) is 7.94. The lowest BCUT2D eigenvalue weighted by atomic mass is 9.75. The van der Waals surface area contributed by atoms with E-state index >= 15 is 0 Å². The van der Waals surface area contributed by atoms with E-state index in [2.05, 4.69) is 67.9 Å². The minimum atomic E-state index is -0.321. The second kappa shape index (κ2) is 5.34. The lowest BCUT2D eigenvalue weighted by Crippen LogP contribution is -2.27. The van der Waals surface area contributed by atoms with Gasteiger partial charge < -0.3 is 9.67 Å². The van der Waals surface area contributed by atoms with Gasteiger partial charge in [-0.3, -0.25) is 0 Å². The molecular weight excluding hydrogens is 258 g/mol. The highest BCUT2D eigenvalue weighted by Crippen LogP contribution is 2.42. The van der Waals surface area contributed by atoms with Crippen molar-refractivity contribution in [1.29, 1.82) is 0 Å². The molecule has 0 saturated heterocycles. The summed E-state index contributed by atoms with van der Waals surface area (Å²) in [7, 11) is 0. The third-order valence-electron chi connectivity index (χ3n) is 4.72. The van der Waals surface area contributed by atoms with Crippen LogP contribution in [-0.4, -0.2) is 9.67 Å². The number of fused-ring (bicyclic) bond motifs is 1. The maximum Gasteiger partial charge on any atom is 0.0812 e. The van der Waals surface area contributed by atoms with Crippen LogP contribution in [-0.2, 0) is 6.42 Å². The molecule has 2 atom stereocenters. The number of benzene rings is 1. The van der Waals surface area contributed by atoms with Crippen molar-refractivity contribution in [2.24, 2.45) is 5.41 Å². The minimum absolute atomic E-state index is 0.164. The van der Waals surface area contributed by atoms with Crippen LogP contribution in [0.15, 0.2) is 42.6 Å². The van der Waals surface area contributed by atoms with Crippen molar-refractivity contribution < 1.29 is 5.11 Å². The number of hydrogen-bond donors (Lipinski definition) is 1. The molecule has 0 aliphatic heterocycles. The van der Waals surface area contributed by atoms with Crippen molar-refractivity contribution in [2.75, 3.05) is 0 Å². The SMILES string of the molecule is CCC(c1ccccc1)n1ccc2c1CC(C)(C)CC2O. The number of aliphatic hydroxyl groups excluding tert-OH is 1. The van der Waals surface area contributed by atoms with Gasteiger partial charge in [-0.2, -0.15) is 0 Å². The highest BCUT2D eigenvalue weighted by Gasteiger charge is 2.34. The van der Waals surface area contributed by atoms with Crippen LogP contribution < -0.4 is 0 Å². The maximum absolute atomic E-state index is 10.4. The Morgan fingerprint density at radius 1 is 1.24 bits per heavy atom. The van der Waals surface area contributed by atoms with E-state index in [0.717, 1.165) is 24.8 Å². The Morgan fingerprint density at radius 2 is 1.95 bits per heavy atom. The topological polar surface area (TPSA) is 25.2 Å². The van der Waals surface area contributed by atoms with E-state index in [1.165, 1.54) is 11.3 Å². The molecular formula is C19H25NO. The predicted octanol–water partition coefficient (Wildman–Crippen LogP) is 4.49. The summed E-state index contributed by atoms with van der Waals surface area (Å²) < 4.78 is 2.38. The van der Waals surface area contributed by atoms with Crippen LogP contribution in [0.3, 0.4) is 0 Å². The Bertz CT molecular complexity index is 612. The van der Waals surface area contributed by atoms with Crippen LogP contribution in [0.25, 0.3) is 0 Å². The largest absolute Gasteiger partial charge is 0.388 e. The molecule has 0 spiro atoms. The Morgan fingerprint density at radius 3 is 2.62 bits per heavy atom. The zero-order valence-corrected chi connectivity index (χ0v) is 13.2. The molecule has 1 aliphatic rings. The lowest BCUT2D eigenvalue weighted by Gasteiger charge is -2.35. The van der Waals surface area contributed by atoms with Crippen LogP contribution >= 0.6 is 0 Å². The van der Waals surface area contributed by atoms with Crippen LogP contribution in [0, 0.1) is 5.41 Å². The van der Waals surface area contributed by atoms with E-state index in [-0.39, 0.29) is 11.5 Å². The summed E-state index contributed by atoms with van der Waals surface area (Å²) in [5.74, 6) is 0. The van der Waals surface area contributed by atoms with Crippen molar-refractivity contribution >= 4 is 0 Å². The van der Waals surface area contributed by atoms with E-state index < -0.39 is 0 Å². The molecule has 0 saturated carbocycles. The third-order valence-corrected chi connectivity index (χ3v) is 4.72. The van der Waals surface area contributed by atoms with Gasteiger partial charge in [-0.1, -0.05) is 51.1 Å². The smallest absolute Gasteiger partial charge is 0.0812 e. The van der Waals surface area contributed by atoms with E-state index in [1.807, 2.05) is 0 Å². The van der Waals surface area contributed by atoms with Gasteiger partial charge in [-0.05, 0) is 36.3 Å². The average molecular weight is 283 g/mol. The summed E-state index contributed by atoms with van der Waals surface area (Å²) >= 11 is 0. The normalized spacial score (nSPS) is 21.8. The Balaban J connectivity index is 2.04. The number of rotatable bonds is 3. The van der Waals surface area contributed by atoms with Crippen LogP contribution in [0.5, 0.6) is 0 Å². The first-order chi connectivity index (χ1) is 10.0. The summed E-state index contributed by atoms with van der Waals surface area (Å²) in [6.07, 6.45) is 4.79. The molecule has 1 aliphatic carbocycles. The number of aliphatic hydroxyl groups is 1. The molecule has 3 rings (SSSR count). The van der Waals surface area contributed by atoms with Gasteiger partial charge in [0.15, 0.2) is 0 Å². The highest BCUT2D eigenvalue weighted by atomic mass is 16.3. The zero-order valence-electron chi connectivity index (χ0n) is 13.2. The molecule has 0 fully saturated rings. The number of hydrogen-bond acceptors (Lipinski definition) is 1. The molecule has 2 heteroatoms. The van der Waals surface area contributed by atoms with E-state index in [1.54, 1.807) is 0 Å². The molecule has 0 bridgehead atoms. The fourth-order valence-corrected chi connectivity index (χ4v) is 3.71.